The summed E-state index contributed by atoms with van der Waals surface area (Å²) in [4.78, 5) is 11.2. The predicted octanol–water partition coefficient (Wildman–Crippen LogP) is -0.323. The second kappa shape index (κ2) is 4.02. The molecule has 4 atom stereocenters. The Morgan fingerprint density at radius 3 is 2.69 bits per heavy atom. The molecule has 0 saturated heterocycles. The summed E-state index contributed by atoms with van der Waals surface area (Å²) in [5.41, 5.74) is 4.96. The fourth-order valence-corrected chi connectivity index (χ4v) is 3.19. The van der Waals surface area contributed by atoms with Crippen molar-refractivity contribution in [1.82, 2.24) is 0 Å². The Morgan fingerprint density at radius 1 is 1.44 bits per heavy atom. The van der Waals surface area contributed by atoms with Crippen LogP contribution in [0.1, 0.15) is 25.7 Å². The lowest BCUT2D eigenvalue weighted by Crippen LogP contribution is -2.54. The first-order valence-electron chi connectivity index (χ1n) is 5.84. The smallest absolute Gasteiger partial charge is 0.451 e. The maximum Gasteiger partial charge on any atom is 0.451 e. The van der Waals surface area contributed by atoms with E-state index in [4.69, 9.17) is 15.8 Å². The van der Waals surface area contributed by atoms with Gasteiger partial charge in [-0.05, 0) is 43.3 Å². The zero-order valence-electron chi connectivity index (χ0n) is 9.17. The van der Waals surface area contributed by atoms with E-state index < -0.39 is 18.6 Å². The Bertz CT molecular complexity index is 299. The van der Waals surface area contributed by atoms with Gasteiger partial charge in [0.15, 0.2) is 0 Å². The van der Waals surface area contributed by atoms with Crippen molar-refractivity contribution >= 4 is 13.1 Å². The van der Waals surface area contributed by atoms with Gasteiger partial charge in [0.25, 0.3) is 0 Å². The van der Waals surface area contributed by atoms with Gasteiger partial charge in [0, 0.05) is 0 Å². The fraction of sp³-hybridized carbons (Fsp3) is 0.900. The van der Waals surface area contributed by atoms with Gasteiger partial charge in [0.05, 0.1) is 0 Å². The van der Waals surface area contributed by atoms with Crippen molar-refractivity contribution in [3.05, 3.63) is 0 Å². The second-order valence-corrected chi connectivity index (χ2v) is 5.18. The minimum Gasteiger partial charge on any atom is -0.480 e. The Labute approximate surface area is 94.8 Å². The quantitative estimate of drug-likeness (QED) is 0.482. The van der Waals surface area contributed by atoms with Gasteiger partial charge in [-0.1, -0.05) is 6.42 Å². The van der Waals surface area contributed by atoms with E-state index in [0.717, 1.165) is 12.8 Å². The SMILES string of the molecule is NC1(C(=O)O)C(CCCB(O)O)CC2CC21. The third-order valence-electron chi connectivity index (χ3n) is 4.18. The first-order chi connectivity index (χ1) is 7.46. The average Bonchev–Trinajstić information content (AvgIpc) is 2.89. The van der Waals surface area contributed by atoms with Crippen LogP contribution in [0, 0.1) is 17.8 Å². The van der Waals surface area contributed by atoms with Crippen LogP contribution >= 0.6 is 0 Å². The molecule has 0 bridgehead atoms. The van der Waals surface area contributed by atoms with E-state index in [-0.39, 0.29) is 11.8 Å². The van der Waals surface area contributed by atoms with Crippen molar-refractivity contribution in [2.75, 3.05) is 0 Å². The Morgan fingerprint density at radius 2 is 2.12 bits per heavy atom. The standard InChI is InChI=1S/C10H18BNO4/c12-10(9(13)14)7(2-1-3-11(15)16)4-6-5-8(6)10/h6-8,15-16H,1-5,12H2,(H,13,14). The van der Waals surface area contributed by atoms with Crippen LogP contribution in [-0.4, -0.2) is 33.8 Å². The van der Waals surface area contributed by atoms with E-state index in [1.165, 1.54) is 0 Å². The first kappa shape index (κ1) is 11.9. The largest absolute Gasteiger partial charge is 0.480 e. The molecule has 90 valence electrons. The fourth-order valence-electron chi connectivity index (χ4n) is 3.19. The predicted molar refractivity (Wildman–Crippen MR) is 58.5 cm³/mol. The van der Waals surface area contributed by atoms with Crippen LogP contribution in [0.25, 0.3) is 0 Å². The molecule has 2 fully saturated rings. The van der Waals surface area contributed by atoms with Crippen molar-refractivity contribution in [2.24, 2.45) is 23.5 Å². The average molecular weight is 227 g/mol. The number of carbonyl (C=O) groups is 1. The maximum atomic E-state index is 11.2. The Kier molecular flexibility index (Phi) is 2.98. The summed E-state index contributed by atoms with van der Waals surface area (Å²) in [7, 11) is -1.30. The summed E-state index contributed by atoms with van der Waals surface area (Å²) < 4.78 is 0. The summed E-state index contributed by atoms with van der Waals surface area (Å²) in [5, 5.41) is 26.7. The van der Waals surface area contributed by atoms with E-state index in [1.54, 1.807) is 0 Å². The lowest BCUT2D eigenvalue weighted by atomic mass is 9.76. The molecular weight excluding hydrogens is 209 g/mol. The topological polar surface area (TPSA) is 104 Å². The van der Waals surface area contributed by atoms with E-state index in [0.29, 0.717) is 25.1 Å². The van der Waals surface area contributed by atoms with Gasteiger partial charge in [0.2, 0.25) is 0 Å². The zero-order valence-corrected chi connectivity index (χ0v) is 9.17. The van der Waals surface area contributed by atoms with Crippen LogP contribution < -0.4 is 5.73 Å². The number of carboxylic acid groups (broad SMARTS) is 1. The zero-order chi connectivity index (χ0) is 11.9. The van der Waals surface area contributed by atoms with Crippen LogP contribution in [0.15, 0.2) is 0 Å². The van der Waals surface area contributed by atoms with E-state index in [2.05, 4.69) is 0 Å². The normalized spacial score (nSPS) is 40.6. The van der Waals surface area contributed by atoms with E-state index >= 15 is 0 Å². The molecule has 0 spiro atoms. The molecule has 0 radical (unpaired) electrons. The molecular formula is C10H18BNO4. The first-order valence-corrected chi connectivity index (χ1v) is 5.84. The van der Waals surface area contributed by atoms with E-state index in [9.17, 15) is 9.90 Å². The Balaban J connectivity index is 1.92. The second-order valence-electron chi connectivity index (χ2n) is 5.18. The highest BCUT2D eigenvalue weighted by atomic mass is 16.4. The minimum atomic E-state index is -1.30. The molecule has 4 unspecified atom stereocenters. The molecule has 2 aliphatic carbocycles. The van der Waals surface area contributed by atoms with Crippen molar-refractivity contribution in [2.45, 2.75) is 37.5 Å². The highest BCUT2D eigenvalue weighted by Gasteiger charge is 2.64. The molecule has 6 heteroatoms. The molecule has 0 aromatic heterocycles. The van der Waals surface area contributed by atoms with E-state index in [1.807, 2.05) is 0 Å². The van der Waals surface area contributed by atoms with Gasteiger partial charge in [-0.2, -0.15) is 0 Å². The van der Waals surface area contributed by atoms with Crippen molar-refractivity contribution in [3.8, 4) is 0 Å². The molecule has 2 rings (SSSR count). The number of rotatable bonds is 5. The molecule has 5 nitrogen and oxygen atoms in total. The molecule has 0 amide bonds. The lowest BCUT2D eigenvalue weighted by molar-refractivity contribution is -0.146. The molecule has 5 N–H and O–H groups in total. The van der Waals surface area contributed by atoms with Crippen LogP contribution in [0.2, 0.25) is 6.32 Å². The minimum absolute atomic E-state index is 0.00694. The summed E-state index contributed by atoms with van der Waals surface area (Å²) in [5.74, 6) is -0.265. The molecule has 0 heterocycles. The molecule has 0 aromatic rings. The van der Waals surface area contributed by atoms with Crippen molar-refractivity contribution in [1.29, 1.82) is 0 Å². The number of nitrogens with two attached hydrogens (primary N) is 1. The molecule has 2 aliphatic rings. The highest BCUT2D eigenvalue weighted by molar-refractivity contribution is 6.40. The van der Waals surface area contributed by atoms with Gasteiger partial charge in [-0.15, -0.1) is 0 Å². The highest BCUT2D eigenvalue weighted by Crippen LogP contribution is 2.60. The van der Waals surface area contributed by atoms with Gasteiger partial charge < -0.3 is 20.9 Å². The summed E-state index contributed by atoms with van der Waals surface area (Å²) in [6.07, 6.45) is 3.42. The van der Waals surface area contributed by atoms with Crippen LogP contribution in [0.3, 0.4) is 0 Å². The Hall–Kier alpha value is -0.585. The van der Waals surface area contributed by atoms with Crippen molar-refractivity contribution < 1.29 is 19.9 Å². The monoisotopic (exact) mass is 227 g/mol. The summed E-state index contributed by atoms with van der Waals surface area (Å²) in [6.45, 7) is 0. The van der Waals surface area contributed by atoms with Gasteiger partial charge in [-0.25, -0.2) is 0 Å². The molecule has 0 aromatic carbocycles. The molecule has 16 heavy (non-hydrogen) atoms. The van der Waals surface area contributed by atoms with Crippen LogP contribution in [-0.2, 0) is 4.79 Å². The van der Waals surface area contributed by atoms with Gasteiger partial charge in [0.1, 0.15) is 5.54 Å². The summed E-state index contributed by atoms with van der Waals surface area (Å²) in [6, 6.07) is 0. The molecule has 2 saturated carbocycles. The number of hydrogen-bond donors (Lipinski definition) is 4. The number of aliphatic carboxylic acids is 1. The number of fused-ring (bicyclic) bond motifs is 1. The maximum absolute atomic E-state index is 11.2. The number of carboxylic acids is 1. The molecule has 0 aliphatic heterocycles. The van der Waals surface area contributed by atoms with Crippen LogP contribution in [0.5, 0.6) is 0 Å². The van der Waals surface area contributed by atoms with Crippen LogP contribution in [0.4, 0.5) is 0 Å². The third kappa shape index (κ3) is 1.85. The van der Waals surface area contributed by atoms with Gasteiger partial charge in [-0.3, -0.25) is 4.79 Å². The van der Waals surface area contributed by atoms with Crippen molar-refractivity contribution in [3.63, 3.8) is 0 Å². The number of hydrogen-bond acceptors (Lipinski definition) is 4. The lowest BCUT2D eigenvalue weighted by Gasteiger charge is -2.29. The summed E-state index contributed by atoms with van der Waals surface area (Å²) >= 11 is 0. The third-order valence-corrected chi connectivity index (χ3v) is 4.18. The van der Waals surface area contributed by atoms with Gasteiger partial charge >= 0.3 is 13.1 Å².